The maximum Gasteiger partial charge on any atom is 0.326 e. The van der Waals surface area contributed by atoms with Gasteiger partial charge in [0.05, 0.1) is 6.10 Å². The molecule has 0 aliphatic heterocycles. The first-order chi connectivity index (χ1) is 17.0. The van der Waals surface area contributed by atoms with E-state index in [-0.39, 0.29) is 18.8 Å². The predicted molar refractivity (Wildman–Crippen MR) is 132 cm³/mol. The SMILES string of the molecule is CC(C)C[C@H](NC(=O)[C@@H](N)[C@@H](C)O)C(=O)N[C@@H](C)C(=O)N[C@H](C(=O)N[C@@H](CCC(=O)O)C(=O)O)C(C)C. The lowest BCUT2D eigenvalue weighted by atomic mass is 10.0. The summed E-state index contributed by atoms with van der Waals surface area (Å²) in [5, 5.41) is 37.2. The number of aliphatic carboxylic acids is 2. The number of amides is 4. The summed E-state index contributed by atoms with van der Waals surface area (Å²) in [6.07, 6.45) is -1.74. The van der Waals surface area contributed by atoms with Gasteiger partial charge in [-0.1, -0.05) is 27.7 Å². The predicted octanol–water partition coefficient (Wildman–Crippen LogP) is -1.69. The van der Waals surface area contributed by atoms with Crippen molar-refractivity contribution in [3.05, 3.63) is 0 Å². The highest BCUT2D eigenvalue weighted by molar-refractivity contribution is 5.95. The van der Waals surface area contributed by atoms with Crippen molar-refractivity contribution in [3.63, 3.8) is 0 Å². The van der Waals surface area contributed by atoms with Gasteiger partial charge in [0.25, 0.3) is 0 Å². The smallest absolute Gasteiger partial charge is 0.326 e. The molecule has 0 spiro atoms. The molecule has 0 radical (unpaired) electrons. The van der Waals surface area contributed by atoms with Crippen molar-refractivity contribution in [1.82, 2.24) is 21.3 Å². The molecule has 6 atom stereocenters. The van der Waals surface area contributed by atoms with E-state index in [1.54, 1.807) is 13.8 Å². The Labute approximate surface area is 216 Å². The third-order valence-corrected chi connectivity index (χ3v) is 5.42. The maximum atomic E-state index is 12.8. The molecule has 0 aromatic carbocycles. The van der Waals surface area contributed by atoms with Gasteiger partial charge in [0, 0.05) is 6.42 Å². The molecule has 0 bridgehead atoms. The van der Waals surface area contributed by atoms with Gasteiger partial charge in [-0.25, -0.2) is 4.79 Å². The van der Waals surface area contributed by atoms with Gasteiger partial charge >= 0.3 is 11.9 Å². The van der Waals surface area contributed by atoms with Crippen LogP contribution in [0.2, 0.25) is 0 Å². The maximum absolute atomic E-state index is 12.8. The van der Waals surface area contributed by atoms with E-state index >= 15 is 0 Å². The molecular weight excluding hydrogens is 490 g/mol. The fourth-order valence-corrected chi connectivity index (χ4v) is 3.17. The van der Waals surface area contributed by atoms with Gasteiger partial charge in [-0.3, -0.25) is 24.0 Å². The highest BCUT2D eigenvalue weighted by Gasteiger charge is 2.32. The molecule has 0 rings (SSSR count). The lowest BCUT2D eigenvalue weighted by molar-refractivity contribution is -0.143. The number of carbonyl (C=O) groups excluding carboxylic acids is 4. The molecule has 4 amide bonds. The molecule has 9 N–H and O–H groups in total. The summed E-state index contributed by atoms with van der Waals surface area (Å²) in [4.78, 5) is 72.7. The lowest BCUT2D eigenvalue weighted by Crippen LogP contribution is -2.59. The van der Waals surface area contributed by atoms with Crippen LogP contribution in [0.3, 0.4) is 0 Å². The van der Waals surface area contributed by atoms with Crippen LogP contribution in [0.25, 0.3) is 0 Å². The Bertz CT molecular complexity index is 831. The van der Waals surface area contributed by atoms with Crippen LogP contribution in [0.4, 0.5) is 0 Å². The molecule has 0 aromatic rings. The number of hydrogen-bond acceptors (Lipinski definition) is 8. The summed E-state index contributed by atoms with van der Waals surface area (Å²) >= 11 is 0. The molecule has 14 nitrogen and oxygen atoms in total. The average molecular weight is 532 g/mol. The second-order valence-corrected chi connectivity index (χ2v) is 9.75. The molecule has 0 aliphatic carbocycles. The number of carbonyl (C=O) groups is 6. The molecule has 0 aromatic heterocycles. The third-order valence-electron chi connectivity index (χ3n) is 5.42. The highest BCUT2D eigenvalue weighted by Crippen LogP contribution is 2.08. The van der Waals surface area contributed by atoms with E-state index in [2.05, 4.69) is 21.3 Å². The van der Waals surface area contributed by atoms with Gasteiger partial charge in [-0.05, 0) is 38.5 Å². The first-order valence-corrected chi connectivity index (χ1v) is 12.1. The van der Waals surface area contributed by atoms with Crippen molar-refractivity contribution in [2.45, 2.75) is 97.1 Å². The van der Waals surface area contributed by atoms with Crippen LogP contribution >= 0.6 is 0 Å². The number of carboxylic acid groups (broad SMARTS) is 2. The molecule has 0 saturated carbocycles. The Morgan fingerprint density at radius 1 is 0.730 bits per heavy atom. The van der Waals surface area contributed by atoms with Crippen LogP contribution in [0.5, 0.6) is 0 Å². The Morgan fingerprint density at radius 3 is 1.70 bits per heavy atom. The van der Waals surface area contributed by atoms with Crippen molar-refractivity contribution < 1.29 is 44.1 Å². The fraction of sp³-hybridized carbons (Fsp3) is 0.739. The van der Waals surface area contributed by atoms with Crippen molar-refractivity contribution in [3.8, 4) is 0 Å². The number of nitrogens with one attached hydrogen (secondary N) is 4. The van der Waals surface area contributed by atoms with Crippen molar-refractivity contribution in [2.24, 2.45) is 17.6 Å². The number of aliphatic hydroxyl groups excluding tert-OH is 1. The number of nitrogens with two attached hydrogens (primary N) is 1. The van der Waals surface area contributed by atoms with Crippen LogP contribution in [0, 0.1) is 11.8 Å². The minimum atomic E-state index is -1.47. The van der Waals surface area contributed by atoms with E-state index in [0.29, 0.717) is 0 Å². The van der Waals surface area contributed by atoms with Crippen molar-refractivity contribution in [1.29, 1.82) is 0 Å². The highest BCUT2D eigenvalue weighted by atomic mass is 16.4. The topological polar surface area (TPSA) is 237 Å². The van der Waals surface area contributed by atoms with Gasteiger partial charge in [0.2, 0.25) is 23.6 Å². The van der Waals surface area contributed by atoms with Gasteiger partial charge in [-0.2, -0.15) is 0 Å². The Morgan fingerprint density at radius 2 is 1.27 bits per heavy atom. The largest absolute Gasteiger partial charge is 0.481 e. The molecule has 37 heavy (non-hydrogen) atoms. The molecule has 0 fully saturated rings. The molecule has 14 heteroatoms. The van der Waals surface area contributed by atoms with Crippen molar-refractivity contribution >= 4 is 35.6 Å². The summed E-state index contributed by atoms with van der Waals surface area (Å²) in [7, 11) is 0. The van der Waals surface area contributed by atoms with Crippen LogP contribution in [0.15, 0.2) is 0 Å². The molecular formula is C23H41N5O9. The zero-order valence-corrected chi connectivity index (χ0v) is 22.1. The second-order valence-electron chi connectivity index (χ2n) is 9.75. The van der Waals surface area contributed by atoms with Gasteiger partial charge in [0.15, 0.2) is 0 Å². The second kappa shape index (κ2) is 15.8. The van der Waals surface area contributed by atoms with E-state index in [0.717, 1.165) is 0 Å². The third kappa shape index (κ3) is 12.5. The summed E-state index contributed by atoms with van der Waals surface area (Å²) < 4.78 is 0. The Kier molecular flexibility index (Phi) is 14.4. The number of hydrogen-bond donors (Lipinski definition) is 8. The Hall–Kier alpha value is -3.26. The van der Waals surface area contributed by atoms with Crippen LogP contribution < -0.4 is 27.0 Å². The lowest BCUT2D eigenvalue weighted by Gasteiger charge is -2.27. The Balaban J connectivity index is 5.35. The summed E-state index contributed by atoms with van der Waals surface area (Å²) in [6.45, 7) is 9.57. The average Bonchev–Trinajstić information content (AvgIpc) is 2.77. The first-order valence-electron chi connectivity index (χ1n) is 12.1. The summed E-state index contributed by atoms with van der Waals surface area (Å²) in [5.41, 5.74) is 5.63. The summed E-state index contributed by atoms with van der Waals surface area (Å²) in [5.74, 6) is -6.10. The van der Waals surface area contributed by atoms with E-state index in [1.807, 2.05) is 13.8 Å². The number of carboxylic acids is 2. The zero-order valence-electron chi connectivity index (χ0n) is 22.1. The van der Waals surface area contributed by atoms with Gasteiger partial charge < -0.3 is 42.3 Å². The quantitative estimate of drug-likeness (QED) is 0.112. The molecule has 0 unspecified atom stereocenters. The first kappa shape index (κ1) is 33.7. The monoisotopic (exact) mass is 531 g/mol. The molecule has 0 aliphatic rings. The van der Waals surface area contributed by atoms with Crippen molar-refractivity contribution in [2.75, 3.05) is 0 Å². The normalized spacial score (nSPS) is 16.1. The van der Waals surface area contributed by atoms with Gasteiger partial charge in [-0.15, -0.1) is 0 Å². The van der Waals surface area contributed by atoms with E-state index in [4.69, 9.17) is 10.8 Å². The van der Waals surface area contributed by atoms with E-state index < -0.39 is 84.2 Å². The summed E-state index contributed by atoms with van der Waals surface area (Å²) in [6, 6.07) is -6.07. The molecule has 212 valence electrons. The van der Waals surface area contributed by atoms with E-state index in [9.17, 15) is 39.0 Å². The van der Waals surface area contributed by atoms with Crippen LogP contribution in [-0.2, 0) is 28.8 Å². The zero-order chi connectivity index (χ0) is 29.0. The fourth-order valence-electron chi connectivity index (χ4n) is 3.17. The minimum Gasteiger partial charge on any atom is -0.481 e. The molecule has 0 heterocycles. The standard InChI is InChI=1S/C23H41N5O9/c1-10(2)9-15(27-21(34)17(24)13(6)29)20(33)25-12(5)19(32)28-18(11(3)4)22(35)26-14(23(36)37)7-8-16(30)31/h10-15,17-18,29H,7-9,24H2,1-6H3,(H,25,33)(H,26,35)(H,27,34)(H,28,32)(H,30,31)(H,36,37)/t12-,13+,14-,15-,17-,18-/m0/s1. The number of aliphatic hydroxyl groups is 1. The minimum absolute atomic E-state index is 0.0136. The van der Waals surface area contributed by atoms with Crippen LogP contribution in [-0.4, -0.2) is 87.2 Å². The molecule has 0 saturated heterocycles. The van der Waals surface area contributed by atoms with Crippen LogP contribution in [0.1, 0.15) is 60.8 Å². The van der Waals surface area contributed by atoms with Gasteiger partial charge in [0.1, 0.15) is 30.2 Å². The number of rotatable bonds is 16. The van der Waals surface area contributed by atoms with E-state index in [1.165, 1.54) is 13.8 Å².